The van der Waals surface area contributed by atoms with Crippen molar-refractivity contribution in [3.63, 3.8) is 0 Å². The number of rotatable bonds is 3. The molecule has 0 radical (unpaired) electrons. The fraction of sp³-hybridized carbons (Fsp3) is 0.571. The van der Waals surface area contributed by atoms with Gasteiger partial charge in [-0.25, -0.2) is 0 Å². The second kappa shape index (κ2) is 5.73. The van der Waals surface area contributed by atoms with E-state index in [1.165, 1.54) is 0 Å². The molecule has 1 atom stereocenters. The van der Waals surface area contributed by atoms with Gasteiger partial charge in [0.25, 0.3) is 0 Å². The SMILES string of the molecule is FC(F)(F)C[C@H](c1ccc2c(c1)OCO2)N1CCNCC1. The first kappa shape index (κ1) is 14.5. The van der Waals surface area contributed by atoms with Gasteiger partial charge in [-0.1, -0.05) is 6.07 Å². The monoisotopic (exact) mass is 302 g/mol. The van der Waals surface area contributed by atoms with Gasteiger partial charge < -0.3 is 14.8 Å². The number of hydrogen-bond donors (Lipinski definition) is 1. The minimum absolute atomic E-state index is 0.121. The maximum absolute atomic E-state index is 12.9. The van der Waals surface area contributed by atoms with Crippen molar-refractivity contribution < 1.29 is 22.6 Å². The molecule has 2 heterocycles. The van der Waals surface area contributed by atoms with Gasteiger partial charge in [-0.15, -0.1) is 0 Å². The number of alkyl halides is 3. The number of nitrogens with zero attached hydrogens (tertiary/aromatic N) is 1. The van der Waals surface area contributed by atoms with Gasteiger partial charge in [-0.3, -0.25) is 4.90 Å². The highest BCUT2D eigenvalue weighted by atomic mass is 19.4. The molecule has 0 aromatic heterocycles. The second-order valence-corrected chi connectivity index (χ2v) is 5.23. The van der Waals surface area contributed by atoms with Crippen LogP contribution in [0, 0.1) is 0 Å². The van der Waals surface area contributed by atoms with Gasteiger partial charge in [-0.2, -0.15) is 13.2 Å². The Balaban J connectivity index is 1.86. The van der Waals surface area contributed by atoms with Crippen molar-refractivity contribution in [2.45, 2.75) is 18.6 Å². The first-order valence-corrected chi connectivity index (χ1v) is 6.94. The molecule has 0 amide bonds. The van der Waals surface area contributed by atoms with E-state index in [9.17, 15) is 13.2 Å². The first-order chi connectivity index (χ1) is 10.0. The Morgan fingerprint density at radius 3 is 2.57 bits per heavy atom. The summed E-state index contributed by atoms with van der Waals surface area (Å²) in [7, 11) is 0. The van der Waals surface area contributed by atoms with E-state index in [1.807, 2.05) is 4.90 Å². The standard InChI is InChI=1S/C14H17F3N2O2/c15-14(16,17)8-11(19-5-3-18-4-6-19)10-1-2-12-13(7-10)21-9-20-12/h1-2,7,11,18H,3-6,8-9H2/t11-/m1/s1. The van der Waals surface area contributed by atoms with Gasteiger partial charge in [0, 0.05) is 32.2 Å². The fourth-order valence-corrected chi connectivity index (χ4v) is 2.79. The van der Waals surface area contributed by atoms with Gasteiger partial charge >= 0.3 is 6.18 Å². The number of benzene rings is 1. The van der Waals surface area contributed by atoms with Gasteiger partial charge in [0.2, 0.25) is 6.79 Å². The summed E-state index contributed by atoms with van der Waals surface area (Å²) in [5, 5.41) is 3.16. The minimum Gasteiger partial charge on any atom is -0.454 e. The van der Waals surface area contributed by atoms with Crippen molar-refractivity contribution in [2.24, 2.45) is 0 Å². The van der Waals surface area contributed by atoms with Gasteiger partial charge in [-0.05, 0) is 17.7 Å². The molecular formula is C14H17F3N2O2. The zero-order valence-electron chi connectivity index (χ0n) is 11.4. The topological polar surface area (TPSA) is 33.7 Å². The molecule has 1 N–H and O–H groups in total. The third-order valence-corrected chi connectivity index (χ3v) is 3.80. The van der Waals surface area contributed by atoms with Crippen LogP contribution < -0.4 is 14.8 Å². The summed E-state index contributed by atoms with van der Waals surface area (Å²) >= 11 is 0. The number of halogens is 3. The highest BCUT2D eigenvalue weighted by Gasteiger charge is 2.36. The molecule has 7 heteroatoms. The molecular weight excluding hydrogens is 285 g/mol. The number of ether oxygens (including phenoxy) is 2. The maximum atomic E-state index is 12.9. The van der Waals surface area contributed by atoms with E-state index in [2.05, 4.69) is 5.32 Å². The van der Waals surface area contributed by atoms with E-state index in [1.54, 1.807) is 18.2 Å². The van der Waals surface area contributed by atoms with E-state index < -0.39 is 18.6 Å². The van der Waals surface area contributed by atoms with Gasteiger partial charge in [0.1, 0.15) is 0 Å². The van der Waals surface area contributed by atoms with Crippen LogP contribution in [0.4, 0.5) is 13.2 Å². The Kier molecular flexibility index (Phi) is 3.95. The molecule has 0 saturated carbocycles. The Bertz CT molecular complexity index is 501. The number of piperazine rings is 1. The lowest BCUT2D eigenvalue weighted by atomic mass is 10.00. The zero-order chi connectivity index (χ0) is 14.9. The molecule has 0 bridgehead atoms. The van der Waals surface area contributed by atoms with Crippen molar-refractivity contribution in [1.29, 1.82) is 0 Å². The molecule has 1 fully saturated rings. The molecule has 3 rings (SSSR count). The van der Waals surface area contributed by atoms with Crippen molar-refractivity contribution in [1.82, 2.24) is 10.2 Å². The molecule has 21 heavy (non-hydrogen) atoms. The smallest absolute Gasteiger partial charge is 0.390 e. The highest BCUT2D eigenvalue weighted by Crippen LogP contribution is 2.39. The molecule has 116 valence electrons. The predicted molar refractivity (Wildman–Crippen MR) is 70.4 cm³/mol. The lowest BCUT2D eigenvalue weighted by Gasteiger charge is -2.35. The van der Waals surface area contributed by atoms with E-state index in [0.717, 1.165) is 0 Å². The average Bonchev–Trinajstić information content (AvgIpc) is 2.92. The van der Waals surface area contributed by atoms with Crippen LogP contribution in [-0.2, 0) is 0 Å². The Morgan fingerprint density at radius 1 is 1.14 bits per heavy atom. The third kappa shape index (κ3) is 3.41. The maximum Gasteiger partial charge on any atom is 0.390 e. The Labute approximate surface area is 120 Å². The van der Waals surface area contributed by atoms with E-state index in [0.29, 0.717) is 43.2 Å². The van der Waals surface area contributed by atoms with Crippen molar-refractivity contribution in [3.8, 4) is 11.5 Å². The summed E-state index contributed by atoms with van der Waals surface area (Å²) in [4.78, 5) is 1.88. The molecule has 2 aliphatic rings. The molecule has 1 aromatic rings. The minimum atomic E-state index is -4.20. The third-order valence-electron chi connectivity index (χ3n) is 3.80. The summed E-state index contributed by atoms with van der Waals surface area (Å²) in [5.74, 6) is 1.11. The predicted octanol–water partition coefficient (Wildman–Crippen LogP) is 2.31. The Hall–Kier alpha value is -1.47. The van der Waals surface area contributed by atoms with Gasteiger partial charge in [0.05, 0.1) is 6.42 Å². The van der Waals surface area contributed by atoms with Crippen LogP contribution in [0.1, 0.15) is 18.0 Å². The average molecular weight is 302 g/mol. The summed E-state index contributed by atoms with van der Waals surface area (Å²) in [6, 6.07) is 4.37. The molecule has 4 nitrogen and oxygen atoms in total. The van der Waals surface area contributed by atoms with E-state index in [-0.39, 0.29) is 6.79 Å². The van der Waals surface area contributed by atoms with Crippen LogP contribution in [0.25, 0.3) is 0 Å². The second-order valence-electron chi connectivity index (χ2n) is 5.23. The van der Waals surface area contributed by atoms with Gasteiger partial charge in [0.15, 0.2) is 11.5 Å². The van der Waals surface area contributed by atoms with Crippen LogP contribution in [0.3, 0.4) is 0 Å². The first-order valence-electron chi connectivity index (χ1n) is 6.94. The zero-order valence-corrected chi connectivity index (χ0v) is 11.4. The number of fused-ring (bicyclic) bond motifs is 1. The van der Waals surface area contributed by atoms with Crippen LogP contribution in [0.5, 0.6) is 11.5 Å². The summed E-state index contributed by atoms with van der Waals surface area (Å²) in [5.41, 5.74) is 0.624. The number of nitrogens with one attached hydrogen (secondary N) is 1. The quantitative estimate of drug-likeness (QED) is 0.929. The summed E-state index contributed by atoms with van der Waals surface area (Å²) < 4.78 is 49.3. The largest absolute Gasteiger partial charge is 0.454 e. The van der Waals surface area contributed by atoms with Crippen molar-refractivity contribution in [2.75, 3.05) is 33.0 Å². The van der Waals surface area contributed by atoms with Crippen LogP contribution in [0.2, 0.25) is 0 Å². The Morgan fingerprint density at radius 2 is 1.86 bits per heavy atom. The lowest BCUT2D eigenvalue weighted by Crippen LogP contribution is -2.46. The van der Waals surface area contributed by atoms with E-state index in [4.69, 9.17) is 9.47 Å². The lowest BCUT2D eigenvalue weighted by molar-refractivity contribution is -0.148. The normalized spacial score (nSPS) is 20.5. The molecule has 2 aliphatic heterocycles. The summed E-state index contributed by atoms with van der Waals surface area (Å²) in [6.07, 6.45) is -5.06. The number of hydrogen-bond acceptors (Lipinski definition) is 4. The van der Waals surface area contributed by atoms with Crippen molar-refractivity contribution in [3.05, 3.63) is 23.8 Å². The van der Waals surface area contributed by atoms with Crippen LogP contribution in [0.15, 0.2) is 18.2 Å². The van der Waals surface area contributed by atoms with Crippen molar-refractivity contribution >= 4 is 0 Å². The highest BCUT2D eigenvalue weighted by molar-refractivity contribution is 5.45. The van der Waals surface area contributed by atoms with E-state index >= 15 is 0 Å². The summed E-state index contributed by atoms with van der Waals surface area (Å²) in [6.45, 7) is 2.75. The fourth-order valence-electron chi connectivity index (χ4n) is 2.79. The molecule has 1 saturated heterocycles. The molecule has 1 aromatic carbocycles. The molecule has 0 aliphatic carbocycles. The van der Waals surface area contributed by atoms with Crippen LogP contribution >= 0.6 is 0 Å². The molecule has 0 spiro atoms. The molecule has 0 unspecified atom stereocenters. The van der Waals surface area contributed by atoms with Crippen LogP contribution in [-0.4, -0.2) is 44.0 Å².